The SMILES string of the molecule is CC(C)(C)[C@H]1[C@H](c2ccccc2)[C@@]2(C)C(=O)[C@]1(C)N=NN2CCc1ccccc1. The van der Waals surface area contributed by atoms with Crippen LogP contribution < -0.4 is 0 Å². The standard InChI is InChI=1S/C25H31N3O/c1-23(2,3)21-20(19-14-10-7-11-15-19)25(5)22(29)24(21,4)26-27-28(25)17-16-18-12-8-6-9-13-18/h6-15,20-21H,16-17H2,1-5H3/t20-,21+,24+,25-/m0/s1. The molecule has 29 heavy (non-hydrogen) atoms. The fourth-order valence-corrected chi connectivity index (χ4v) is 5.75. The van der Waals surface area contributed by atoms with Gasteiger partial charge >= 0.3 is 0 Å². The van der Waals surface area contributed by atoms with E-state index in [0.29, 0.717) is 6.54 Å². The van der Waals surface area contributed by atoms with Gasteiger partial charge in [0.05, 0.1) is 0 Å². The number of nitrogens with zero attached hydrogens (tertiary/aromatic N) is 3. The average molecular weight is 390 g/mol. The molecular weight excluding hydrogens is 358 g/mol. The van der Waals surface area contributed by atoms with Crippen LogP contribution in [0.25, 0.3) is 0 Å². The number of ketones is 1. The summed E-state index contributed by atoms with van der Waals surface area (Å²) in [4.78, 5) is 13.9. The van der Waals surface area contributed by atoms with Crippen LogP contribution in [0.4, 0.5) is 0 Å². The monoisotopic (exact) mass is 389 g/mol. The topological polar surface area (TPSA) is 45.0 Å². The molecule has 1 fully saturated rings. The summed E-state index contributed by atoms with van der Waals surface area (Å²) in [6.07, 6.45) is 0.834. The number of hydrogen-bond acceptors (Lipinski definition) is 4. The molecule has 0 spiro atoms. The van der Waals surface area contributed by atoms with Gasteiger partial charge in [-0.05, 0) is 36.8 Å². The normalized spacial score (nSPS) is 31.3. The molecule has 0 N–H and O–H groups in total. The van der Waals surface area contributed by atoms with Crippen LogP contribution in [0.2, 0.25) is 0 Å². The van der Waals surface area contributed by atoms with Crippen LogP contribution in [0, 0.1) is 11.3 Å². The van der Waals surface area contributed by atoms with Crippen molar-refractivity contribution in [2.24, 2.45) is 21.7 Å². The Morgan fingerprint density at radius 3 is 2.14 bits per heavy atom. The van der Waals surface area contributed by atoms with Crippen LogP contribution in [0.15, 0.2) is 71.0 Å². The average Bonchev–Trinajstić information content (AvgIpc) is 2.81. The van der Waals surface area contributed by atoms with Gasteiger partial charge < -0.3 is 0 Å². The van der Waals surface area contributed by atoms with Crippen molar-refractivity contribution in [1.29, 1.82) is 0 Å². The third-order valence-corrected chi connectivity index (χ3v) is 6.91. The van der Waals surface area contributed by atoms with Crippen LogP contribution in [0.3, 0.4) is 0 Å². The number of hydrogen-bond donors (Lipinski definition) is 0. The van der Waals surface area contributed by atoms with Crippen LogP contribution >= 0.6 is 0 Å². The lowest BCUT2D eigenvalue weighted by molar-refractivity contribution is -0.135. The molecule has 4 rings (SSSR count). The Hall–Kier alpha value is -2.49. The van der Waals surface area contributed by atoms with Crippen molar-refractivity contribution < 1.29 is 4.79 Å². The maximum Gasteiger partial charge on any atom is 0.189 e. The Bertz CT molecular complexity index is 918. The third kappa shape index (κ3) is 3.00. The van der Waals surface area contributed by atoms with Gasteiger partial charge in [0, 0.05) is 18.4 Å². The summed E-state index contributed by atoms with van der Waals surface area (Å²) in [6, 6.07) is 20.8. The first kappa shape index (κ1) is 19.8. The number of rotatable bonds is 4. The van der Waals surface area contributed by atoms with Gasteiger partial charge in [-0.2, -0.15) is 5.11 Å². The lowest BCUT2D eigenvalue weighted by atomic mass is 9.65. The summed E-state index contributed by atoms with van der Waals surface area (Å²) >= 11 is 0. The molecule has 2 aromatic rings. The second-order valence-corrected chi connectivity index (χ2v) is 9.90. The predicted molar refractivity (Wildman–Crippen MR) is 116 cm³/mol. The summed E-state index contributed by atoms with van der Waals surface area (Å²) in [7, 11) is 0. The minimum atomic E-state index is -0.795. The van der Waals surface area contributed by atoms with E-state index >= 15 is 0 Å². The van der Waals surface area contributed by atoms with Crippen molar-refractivity contribution in [1.82, 2.24) is 5.01 Å². The lowest BCUT2D eigenvalue weighted by Crippen LogP contribution is -2.56. The first-order chi connectivity index (χ1) is 13.7. The highest BCUT2D eigenvalue weighted by atomic mass is 16.1. The Labute approximate surface area is 174 Å². The molecule has 4 nitrogen and oxygen atoms in total. The molecule has 0 unspecified atom stereocenters. The van der Waals surface area contributed by atoms with Gasteiger partial charge in [0.25, 0.3) is 0 Å². The molecule has 0 amide bonds. The maximum atomic E-state index is 13.9. The highest BCUT2D eigenvalue weighted by Crippen LogP contribution is 2.61. The fourth-order valence-electron chi connectivity index (χ4n) is 5.75. The largest absolute Gasteiger partial charge is 0.294 e. The zero-order valence-corrected chi connectivity index (χ0v) is 18.1. The van der Waals surface area contributed by atoms with Crippen LogP contribution in [0.1, 0.15) is 51.7 Å². The molecule has 1 heterocycles. The number of fused-ring (bicyclic) bond motifs is 2. The molecule has 1 aliphatic carbocycles. The van der Waals surface area contributed by atoms with Crippen molar-refractivity contribution in [2.75, 3.05) is 6.54 Å². The van der Waals surface area contributed by atoms with Crippen LogP contribution in [-0.2, 0) is 11.2 Å². The van der Waals surface area contributed by atoms with Gasteiger partial charge in [0.2, 0.25) is 0 Å². The van der Waals surface area contributed by atoms with E-state index in [1.807, 2.05) is 24.1 Å². The Kier molecular flexibility index (Phi) is 4.64. The van der Waals surface area contributed by atoms with Crippen LogP contribution in [0.5, 0.6) is 0 Å². The number of carbonyl (C=O) groups is 1. The van der Waals surface area contributed by atoms with E-state index in [1.54, 1.807) is 0 Å². The number of benzene rings is 2. The lowest BCUT2D eigenvalue weighted by Gasteiger charge is -2.42. The van der Waals surface area contributed by atoms with Gasteiger partial charge in [0.15, 0.2) is 5.78 Å². The summed E-state index contributed by atoms with van der Waals surface area (Å²) in [5, 5.41) is 11.3. The highest BCUT2D eigenvalue weighted by molar-refractivity contribution is 6.01. The van der Waals surface area contributed by atoms with Crippen molar-refractivity contribution >= 4 is 5.78 Å². The Morgan fingerprint density at radius 1 is 0.966 bits per heavy atom. The van der Waals surface area contributed by atoms with Crippen molar-refractivity contribution in [3.63, 3.8) is 0 Å². The highest BCUT2D eigenvalue weighted by Gasteiger charge is 2.71. The predicted octanol–water partition coefficient (Wildman–Crippen LogP) is 5.46. The molecule has 1 saturated carbocycles. The molecule has 4 atom stereocenters. The molecular formula is C25H31N3O. The minimum absolute atomic E-state index is 0.0342. The Balaban J connectivity index is 1.79. The zero-order valence-electron chi connectivity index (χ0n) is 18.1. The van der Waals surface area contributed by atoms with E-state index in [0.717, 1.165) is 6.42 Å². The summed E-state index contributed by atoms with van der Waals surface area (Å²) in [5.41, 5.74) is 0.857. The van der Waals surface area contributed by atoms with E-state index < -0.39 is 11.1 Å². The molecule has 0 radical (unpaired) electrons. The van der Waals surface area contributed by atoms with Gasteiger partial charge in [-0.1, -0.05) is 86.7 Å². The van der Waals surface area contributed by atoms with Gasteiger partial charge in [-0.25, -0.2) is 0 Å². The third-order valence-electron chi connectivity index (χ3n) is 6.91. The minimum Gasteiger partial charge on any atom is -0.294 e. The van der Waals surface area contributed by atoms with Gasteiger partial charge in [0.1, 0.15) is 11.1 Å². The second-order valence-electron chi connectivity index (χ2n) is 9.90. The molecule has 0 saturated heterocycles. The smallest absolute Gasteiger partial charge is 0.189 e. The number of carbonyl (C=O) groups excluding carboxylic acids is 1. The molecule has 2 aromatic carbocycles. The molecule has 1 aliphatic heterocycles. The van der Waals surface area contributed by atoms with Crippen molar-refractivity contribution in [3.05, 3.63) is 71.8 Å². The van der Waals surface area contributed by atoms with Gasteiger partial charge in [-0.15, -0.1) is 0 Å². The number of Topliss-reactive ketones (excluding diaryl/α,β-unsaturated/α-hetero) is 1. The van der Waals surface area contributed by atoms with Crippen molar-refractivity contribution in [2.45, 2.75) is 58.0 Å². The molecule has 152 valence electrons. The van der Waals surface area contributed by atoms with E-state index in [-0.39, 0.29) is 23.0 Å². The molecule has 0 aromatic heterocycles. The van der Waals surface area contributed by atoms with E-state index in [2.05, 4.69) is 86.6 Å². The molecule has 4 heteroatoms. The van der Waals surface area contributed by atoms with E-state index in [4.69, 9.17) is 0 Å². The molecule has 2 aliphatic rings. The zero-order chi connectivity index (χ0) is 20.9. The van der Waals surface area contributed by atoms with Crippen molar-refractivity contribution in [3.8, 4) is 0 Å². The summed E-state index contributed by atoms with van der Waals surface area (Å²) < 4.78 is 0. The second kappa shape index (κ2) is 6.79. The van der Waals surface area contributed by atoms with E-state index in [9.17, 15) is 4.79 Å². The molecule has 2 bridgehead atoms. The van der Waals surface area contributed by atoms with Gasteiger partial charge in [-0.3, -0.25) is 9.80 Å². The van der Waals surface area contributed by atoms with Crippen LogP contribution in [-0.4, -0.2) is 28.4 Å². The summed E-state index contributed by atoms with van der Waals surface area (Å²) in [6.45, 7) is 11.4. The fraction of sp³-hybridized carbons (Fsp3) is 0.480. The Morgan fingerprint density at radius 2 is 1.55 bits per heavy atom. The quantitative estimate of drug-likeness (QED) is 0.697. The first-order valence-electron chi connectivity index (χ1n) is 10.5. The first-order valence-corrected chi connectivity index (χ1v) is 10.5. The summed E-state index contributed by atoms with van der Waals surface area (Å²) in [5.74, 6) is 0.300. The van der Waals surface area contributed by atoms with E-state index in [1.165, 1.54) is 11.1 Å². The maximum absolute atomic E-state index is 13.9.